The second-order valence-corrected chi connectivity index (χ2v) is 6.75. The topological polar surface area (TPSA) is 21.3 Å². The van der Waals surface area contributed by atoms with Crippen LogP contribution in [0.3, 0.4) is 0 Å². The van der Waals surface area contributed by atoms with E-state index in [0.717, 1.165) is 18.8 Å². The molecule has 1 N–H and O–H groups in total. The number of hydrogen-bond acceptors (Lipinski definition) is 3. The van der Waals surface area contributed by atoms with E-state index in [1.54, 1.807) is 0 Å². The van der Waals surface area contributed by atoms with Gasteiger partial charge in [-0.15, -0.1) is 11.3 Å². The predicted molar refractivity (Wildman–Crippen MR) is 91.5 cm³/mol. The van der Waals surface area contributed by atoms with Crippen LogP contribution in [0.1, 0.15) is 41.3 Å². The van der Waals surface area contributed by atoms with Gasteiger partial charge in [0.25, 0.3) is 0 Å². The smallest absolute Gasteiger partial charge is 0.123 e. The molecular weight excluding hydrogens is 278 g/mol. The minimum atomic E-state index is 0.488. The van der Waals surface area contributed by atoms with Crippen LogP contribution in [-0.2, 0) is 6.54 Å². The molecule has 2 rings (SSSR count). The van der Waals surface area contributed by atoms with Gasteiger partial charge in [0.1, 0.15) is 12.4 Å². The lowest BCUT2D eigenvalue weighted by Gasteiger charge is -2.15. The summed E-state index contributed by atoms with van der Waals surface area (Å²) in [4.78, 5) is 1.41. The van der Waals surface area contributed by atoms with E-state index in [2.05, 4.69) is 62.7 Å². The minimum absolute atomic E-state index is 0.488. The summed E-state index contributed by atoms with van der Waals surface area (Å²) in [5.74, 6) is 1.52. The van der Waals surface area contributed by atoms with E-state index in [-0.39, 0.29) is 0 Å². The van der Waals surface area contributed by atoms with Crippen molar-refractivity contribution < 1.29 is 4.74 Å². The first-order valence-electron chi connectivity index (χ1n) is 7.55. The highest BCUT2D eigenvalue weighted by Gasteiger charge is 2.08. The van der Waals surface area contributed by atoms with Gasteiger partial charge in [-0.25, -0.2) is 0 Å². The van der Waals surface area contributed by atoms with Crippen molar-refractivity contribution in [1.82, 2.24) is 5.32 Å². The number of benzene rings is 1. The van der Waals surface area contributed by atoms with E-state index in [1.807, 2.05) is 11.3 Å². The Balaban J connectivity index is 1.81. The van der Waals surface area contributed by atoms with Gasteiger partial charge in [-0.1, -0.05) is 26.0 Å². The van der Waals surface area contributed by atoms with Crippen molar-refractivity contribution in [2.45, 2.75) is 40.2 Å². The molecule has 2 nitrogen and oxygen atoms in total. The molecule has 3 heteroatoms. The van der Waals surface area contributed by atoms with Crippen LogP contribution in [0.4, 0.5) is 0 Å². The third-order valence-electron chi connectivity index (χ3n) is 3.58. The molecule has 21 heavy (non-hydrogen) atoms. The van der Waals surface area contributed by atoms with Crippen LogP contribution in [0, 0.1) is 13.8 Å². The van der Waals surface area contributed by atoms with Crippen LogP contribution in [0.5, 0.6) is 5.75 Å². The van der Waals surface area contributed by atoms with Crippen molar-refractivity contribution in [3.8, 4) is 5.75 Å². The molecule has 0 radical (unpaired) electrons. The summed E-state index contributed by atoms with van der Waals surface area (Å²) in [7, 11) is 0. The second-order valence-electron chi connectivity index (χ2n) is 5.75. The van der Waals surface area contributed by atoms with E-state index in [4.69, 9.17) is 4.74 Å². The fourth-order valence-electron chi connectivity index (χ4n) is 2.26. The highest BCUT2D eigenvalue weighted by Crippen LogP contribution is 2.27. The van der Waals surface area contributed by atoms with Crippen LogP contribution in [0.15, 0.2) is 29.6 Å². The summed E-state index contributed by atoms with van der Waals surface area (Å²) in [6, 6.07) is 8.64. The Bertz CT molecular complexity index is 574. The predicted octanol–water partition coefficient (Wildman–Crippen LogP) is 4.66. The SMILES string of the molecule is Cc1ccc(C(C)C)c(OCCNCc2sccc2C)c1. The van der Waals surface area contributed by atoms with Crippen molar-refractivity contribution in [2.75, 3.05) is 13.2 Å². The normalized spacial score (nSPS) is 11.1. The van der Waals surface area contributed by atoms with Gasteiger partial charge in [0.05, 0.1) is 0 Å². The first-order valence-corrected chi connectivity index (χ1v) is 8.43. The van der Waals surface area contributed by atoms with Gasteiger partial charge in [-0.05, 0) is 54.0 Å². The molecule has 1 aromatic carbocycles. The van der Waals surface area contributed by atoms with Gasteiger partial charge in [-0.3, -0.25) is 0 Å². The van der Waals surface area contributed by atoms with Crippen molar-refractivity contribution in [1.29, 1.82) is 0 Å². The van der Waals surface area contributed by atoms with E-state index in [9.17, 15) is 0 Å². The monoisotopic (exact) mass is 303 g/mol. The summed E-state index contributed by atoms with van der Waals surface area (Å²) >= 11 is 1.81. The van der Waals surface area contributed by atoms with E-state index >= 15 is 0 Å². The Morgan fingerprint density at radius 2 is 2.00 bits per heavy atom. The zero-order chi connectivity index (χ0) is 15.2. The van der Waals surface area contributed by atoms with Crippen molar-refractivity contribution in [3.05, 3.63) is 51.2 Å². The van der Waals surface area contributed by atoms with Crippen molar-refractivity contribution in [3.63, 3.8) is 0 Å². The standard InChI is InChI=1S/C18H25NOS/c1-13(2)16-6-5-14(3)11-17(16)20-9-8-19-12-18-15(4)7-10-21-18/h5-7,10-11,13,19H,8-9,12H2,1-4H3. The maximum Gasteiger partial charge on any atom is 0.123 e. The van der Waals surface area contributed by atoms with Crippen LogP contribution in [0.2, 0.25) is 0 Å². The average Bonchev–Trinajstić information content (AvgIpc) is 2.84. The second kappa shape index (κ2) is 7.62. The van der Waals surface area contributed by atoms with E-state index < -0.39 is 0 Å². The van der Waals surface area contributed by atoms with Crippen molar-refractivity contribution >= 4 is 11.3 Å². The number of thiophene rings is 1. The van der Waals surface area contributed by atoms with Gasteiger partial charge in [0, 0.05) is 18.0 Å². The van der Waals surface area contributed by atoms with Crippen molar-refractivity contribution in [2.24, 2.45) is 0 Å². The first kappa shape index (κ1) is 16.1. The Hall–Kier alpha value is -1.32. The molecule has 0 spiro atoms. The summed E-state index contributed by atoms with van der Waals surface area (Å²) in [6.45, 7) is 11.2. The molecule has 0 unspecified atom stereocenters. The van der Waals surface area contributed by atoms with Crippen LogP contribution >= 0.6 is 11.3 Å². The molecule has 0 aliphatic rings. The lowest BCUT2D eigenvalue weighted by Crippen LogP contribution is -2.20. The highest BCUT2D eigenvalue weighted by atomic mass is 32.1. The first-order chi connectivity index (χ1) is 10.1. The Labute approximate surface area is 132 Å². The summed E-state index contributed by atoms with van der Waals surface area (Å²) < 4.78 is 5.97. The fraction of sp³-hybridized carbons (Fsp3) is 0.444. The molecule has 0 atom stereocenters. The summed E-state index contributed by atoms with van der Waals surface area (Å²) in [5, 5.41) is 5.59. The Kier molecular flexibility index (Phi) is 5.83. The molecule has 0 saturated carbocycles. The maximum atomic E-state index is 5.97. The van der Waals surface area contributed by atoms with Crippen LogP contribution < -0.4 is 10.1 Å². The Morgan fingerprint density at radius 3 is 2.67 bits per heavy atom. The molecule has 0 saturated heterocycles. The molecule has 2 aromatic rings. The number of aryl methyl sites for hydroxylation is 2. The maximum absolute atomic E-state index is 5.97. The van der Waals surface area contributed by atoms with Gasteiger partial charge in [0.15, 0.2) is 0 Å². The summed E-state index contributed by atoms with van der Waals surface area (Å²) in [6.07, 6.45) is 0. The third kappa shape index (κ3) is 4.58. The zero-order valence-electron chi connectivity index (χ0n) is 13.4. The largest absolute Gasteiger partial charge is 0.492 e. The zero-order valence-corrected chi connectivity index (χ0v) is 14.2. The number of ether oxygens (including phenoxy) is 1. The Morgan fingerprint density at radius 1 is 1.19 bits per heavy atom. The molecule has 0 fully saturated rings. The lowest BCUT2D eigenvalue weighted by atomic mass is 10.0. The molecule has 0 aliphatic carbocycles. The van der Waals surface area contributed by atoms with Gasteiger partial charge in [0.2, 0.25) is 0 Å². The number of hydrogen-bond donors (Lipinski definition) is 1. The molecule has 0 amide bonds. The molecule has 0 bridgehead atoms. The van der Waals surface area contributed by atoms with Gasteiger partial charge >= 0.3 is 0 Å². The quantitative estimate of drug-likeness (QED) is 0.751. The fourth-order valence-corrected chi connectivity index (χ4v) is 3.14. The van der Waals surface area contributed by atoms with Crippen LogP contribution in [0.25, 0.3) is 0 Å². The summed E-state index contributed by atoms with van der Waals surface area (Å²) in [5.41, 5.74) is 3.90. The molecule has 1 aromatic heterocycles. The average molecular weight is 303 g/mol. The third-order valence-corrected chi connectivity index (χ3v) is 4.60. The molecular formula is C18H25NOS. The van der Waals surface area contributed by atoms with Crippen LogP contribution in [-0.4, -0.2) is 13.2 Å². The van der Waals surface area contributed by atoms with E-state index in [0.29, 0.717) is 12.5 Å². The minimum Gasteiger partial charge on any atom is -0.492 e. The van der Waals surface area contributed by atoms with Gasteiger partial charge < -0.3 is 10.1 Å². The number of rotatable bonds is 7. The lowest BCUT2D eigenvalue weighted by molar-refractivity contribution is 0.309. The highest BCUT2D eigenvalue weighted by molar-refractivity contribution is 7.10. The molecule has 114 valence electrons. The number of nitrogens with one attached hydrogen (secondary N) is 1. The molecule has 0 aliphatic heterocycles. The molecule has 1 heterocycles. The van der Waals surface area contributed by atoms with E-state index in [1.165, 1.54) is 21.6 Å². The van der Waals surface area contributed by atoms with Gasteiger partial charge in [-0.2, -0.15) is 0 Å².